The third-order valence-corrected chi connectivity index (χ3v) is 3.90. The maximum absolute atomic E-state index is 11.9. The molecule has 1 heterocycles. The van der Waals surface area contributed by atoms with Crippen LogP contribution in [0.2, 0.25) is 0 Å². The van der Waals surface area contributed by atoms with Crippen LogP contribution in [-0.4, -0.2) is 36.9 Å². The van der Waals surface area contributed by atoms with Gasteiger partial charge < -0.3 is 5.32 Å². The fourth-order valence-electron chi connectivity index (χ4n) is 2.99. The lowest BCUT2D eigenvalue weighted by molar-refractivity contribution is -0.153. The van der Waals surface area contributed by atoms with Crippen molar-refractivity contribution in [1.82, 2.24) is 10.2 Å². The summed E-state index contributed by atoms with van der Waals surface area (Å²) >= 11 is 0. The summed E-state index contributed by atoms with van der Waals surface area (Å²) in [5.41, 5.74) is 0.0321. The van der Waals surface area contributed by atoms with Gasteiger partial charge in [0, 0.05) is 25.9 Å². The lowest BCUT2D eigenvalue weighted by Crippen LogP contribution is -2.49. The molecule has 4 heteroatoms. The van der Waals surface area contributed by atoms with Gasteiger partial charge in [-0.15, -0.1) is 0 Å². The fourth-order valence-corrected chi connectivity index (χ4v) is 2.99. The topological polar surface area (TPSA) is 49.4 Å². The van der Waals surface area contributed by atoms with E-state index in [0.29, 0.717) is 25.9 Å². The van der Waals surface area contributed by atoms with Gasteiger partial charge in [-0.25, -0.2) is 0 Å². The molecule has 0 aromatic rings. The average molecular weight is 224 g/mol. The second-order valence-corrected chi connectivity index (χ2v) is 5.10. The zero-order valence-corrected chi connectivity index (χ0v) is 9.92. The van der Waals surface area contributed by atoms with Gasteiger partial charge in [-0.3, -0.25) is 14.5 Å². The van der Waals surface area contributed by atoms with Crippen molar-refractivity contribution >= 4 is 11.8 Å². The van der Waals surface area contributed by atoms with E-state index < -0.39 is 0 Å². The first-order valence-corrected chi connectivity index (χ1v) is 6.15. The molecule has 2 rings (SSSR count). The van der Waals surface area contributed by atoms with Crippen molar-refractivity contribution < 1.29 is 9.59 Å². The normalized spacial score (nSPS) is 24.4. The van der Waals surface area contributed by atoms with Gasteiger partial charge in [-0.05, 0) is 25.3 Å². The van der Waals surface area contributed by atoms with Gasteiger partial charge in [0.05, 0.1) is 0 Å². The SMILES string of the molecule is CNCCN1C(=O)CC2(CCCC2)CC1=O. The highest BCUT2D eigenvalue weighted by Crippen LogP contribution is 2.46. The Balaban J connectivity index is 2.01. The summed E-state index contributed by atoms with van der Waals surface area (Å²) in [4.78, 5) is 25.3. The van der Waals surface area contributed by atoms with Crippen molar-refractivity contribution in [3.05, 3.63) is 0 Å². The molecule has 1 saturated carbocycles. The molecule has 2 fully saturated rings. The van der Waals surface area contributed by atoms with E-state index in [1.807, 2.05) is 7.05 Å². The first-order chi connectivity index (χ1) is 7.67. The molecule has 1 aliphatic carbocycles. The summed E-state index contributed by atoms with van der Waals surface area (Å²) < 4.78 is 0. The van der Waals surface area contributed by atoms with E-state index in [9.17, 15) is 9.59 Å². The first-order valence-electron chi connectivity index (χ1n) is 6.15. The number of hydrogen-bond acceptors (Lipinski definition) is 3. The molecular weight excluding hydrogens is 204 g/mol. The highest BCUT2D eigenvalue weighted by atomic mass is 16.2. The zero-order valence-electron chi connectivity index (χ0n) is 9.92. The van der Waals surface area contributed by atoms with Crippen LogP contribution in [0, 0.1) is 5.41 Å². The van der Waals surface area contributed by atoms with Crippen molar-refractivity contribution in [3.8, 4) is 0 Å². The summed E-state index contributed by atoms with van der Waals surface area (Å²) in [5, 5.41) is 2.97. The summed E-state index contributed by atoms with van der Waals surface area (Å²) in [7, 11) is 1.83. The van der Waals surface area contributed by atoms with Crippen LogP contribution in [0.15, 0.2) is 0 Å². The number of carbonyl (C=O) groups is 2. The van der Waals surface area contributed by atoms with Crippen molar-refractivity contribution in [2.24, 2.45) is 5.41 Å². The van der Waals surface area contributed by atoms with Crippen LogP contribution >= 0.6 is 0 Å². The van der Waals surface area contributed by atoms with Crippen molar-refractivity contribution in [3.63, 3.8) is 0 Å². The van der Waals surface area contributed by atoms with Crippen molar-refractivity contribution in [2.45, 2.75) is 38.5 Å². The molecule has 4 nitrogen and oxygen atoms in total. The average Bonchev–Trinajstić information content (AvgIpc) is 2.65. The van der Waals surface area contributed by atoms with E-state index in [2.05, 4.69) is 5.32 Å². The molecule has 16 heavy (non-hydrogen) atoms. The largest absolute Gasteiger partial charge is 0.318 e. The van der Waals surface area contributed by atoms with E-state index in [0.717, 1.165) is 12.8 Å². The lowest BCUT2D eigenvalue weighted by atomic mass is 9.76. The Hall–Kier alpha value is -0.900. The molecule has 2 amide bonds. The molecular formula is C12H20N2O2. The van der Waals surface area contributed by atoms with Crippen LogP contribution < -0.4 is 5.32 Å². The summed E-state index contributed by atoms with van der Waals surface area (Å²) in [6.07, 6.45) is 5.65. The number of nitrogens with one attached hydrogen (secondary N) is 1. The second kappa shape index (κ2) is 4.53. The molecule has 1 spiro atoms. The molecule has 1 N–H and O–H groups in total. The number of piperidine rings is 1. The number of amides is 2. The minimum Gasteiger partial charge on any atom is -0.318 e. The molecule has 0 radical (unpaired) electrons. The maximum Gasteiger partial charge on any atom is 0.229 e. The maximum atomic E-state index is 11.9. The van der Waals surface area contributed by atoms with E-state index in [-0.39, 0.29) is 17.2 Å². The second-order valence-electron chi connectivity index (χ2n) is 5.10. The van der Waals surface area contributed by atoms with E-state index in [1.54, 1.807) is 0 Å². The van der Waals surface area contributed by atoms with Crippen LogP contribution in [0.4, 0.5) is 0 Å². The molecule has 0 aromatic carbocycles. The smallest absolute Gasteiger partial charge is 0.229 e. The van der Waals surface area contributed by atoms with E-state index >= 15 is 0 Å². The van der Waals surface area contributed by atoms with E-state index in [1.165, 1.54) is 17.7 Å². The van der Waals surface area contributed by atoms with Gasteiger partial charge in [-0.2, -0.15) is 0 Å². The molecule has 90 valence electrons. The lowest BCUT2D eigenvalue weighted by Gasteiger charge is -2.37. The summed E-state index contributed by atoms with van der Waals surface area (Å²) in [5.74, 6) is 0.0711. The Morgan fingerprint density at radius 2 is 1.75 bits per heavy atom. The van der Waals surface area contributed by atoms with Gasteiger partial charge in [0.1, 0.15) is 0 Å². The number of imide groups is 1. The molecule has 0 bridgehead atoms. The predicted molar refractivity (Wildman–Crippen MR) is 60.8 cm³/mol. The fraction of sp³-hybridized carbons (Fsp3) is 0.833. The minimum atomic E-state index is 0.0321. The zero-order chi connectivity index (χ0) is 11.6. The Morgan fingerprint density at radius 1 is 1.19 bits per heavy atom. The number of likely N-dealkylation sites (tertiary alicyclic amines) is 1. The molecule has 2 aliphatic rings. The standard InChI is InChI=1S/C12H20N2O2/c1-13-6-7-14-10(15)8-12(9-11(14)16)4-2-3-5-12/h13H,2-9H2,1H3. The monoisotopic (exact) mass is 224 g/mol. The van der Waals surface area contributed by atoms with Gasteiger partial charge in [-0.1, -0.05) is 12.8 Å². The van der Waals surface area contributed by atoms with Gasteiger partial charge >= 0.3 is 0 Å². The van der Waals surface area contributed by atoms with Crippen molar-refractivity contribution in [1.29, 1.82) is 0 Å². The van der Waals surface area contributed by atoms with Crippen LogP contribution in [0.1, 0.15) is 38.5 Å². The first kappa shape index (κ1) is 11.6. The van der Waals surface area contributed by atoms with Gasteiger partial charge in [0.25, 0.3) is 0 Å². The molecule has 0 atom stereocenters. The summed E-state index contributed by atoms with van der Waals surface area (Å²) in [6.45, 7) is 1.20. The third-order valence-electron chi connectivity index (χ3n) is 3.90. The Bertz CT molecular complexity index is 275. The molecule has 0 aromatic heterocycles. The summed E-state index contributed by atoms with van der Waals surface area (Å²) in [6, 6.07) is 0. The molecule has 1 saturated heterocycles. The van der Waals surface area contributed by atoms with Crippen molar-refractivity contribution in [2.75, 3.05) is 20.1 Å². The van der Waals surface area contributed by atoms with E-state index in [4.69, 9.17) is 0 Å². The number of likely N-dealkylation sites (N-methyl/N-ethyl adjacent to an activating group) is 1. The van der Waals surface area contributed by atoms with Crippen LogP contribution in [0.5, 0.6) is 0 Å². The number of carbonyl (C=O) groups excluding carboxylic acids is 2. The van der Waals surface area contributed by atoms with Gasteiger partial charge in [0.15, 0.2) is 0 Å². The number of hydrogen-bond donors (Lipinski definition) is 1. The Kier molecular flexibility index (Phi) is 3.28. The number of nitrogens with zero attached hydrogens (tertiary/aromatic N) is 1. The highest BCUT2D eigenvalue weighted by molar-refractivity contribution is 5.98. The predicted octanol–water partition coefficient (Wildman–Crippen LogP) is 0.915. The van der Waals surface area contributed by atoms with Gasteiger partial charge in [0.2, 0.25) is 11.8 Å². The van der Waals surface area contributed by atoms with Crippen LogP contribution in [-0.2, 0) is 9.59 Å². The number of rotatable bonds is 3. The Labute approximate surface area is 96.4 Å². The third kappa shape index (κ3) is 2.12. The molecule has 0 unspecified atom stereocenters. The molecule has 1 aliphatic heterocycles. The van der Waals surface area contributed by atoms with Crippen LogP contribution in [0.25, 0.3) is 0 Å². The highest BCUT2D eigenvalue weighted by Gasteiger charge is 2.44. The quantitative estimate of drug-likeness (QED) is 0.725. The minimum absolute atomic E-state index is 0.0321. The Morgan fingerprint density at radius 3 is 2.25 bits per heavy atom. The van der Waals surface area contributed by atoms with Crippen LogP contribution in [0.3, 0.4) is 0 Å².